The molecule has 0 atom stereocenters. The Labute approximate surface area is 290 Å². The molecule has 3 aromatic heterocycles. The van der Waals surface area contributed by atoms with Crippen molar-refractivity contribution in [2.75, 3.05) is 0 Å². The molecular formula is C45H31N5. The maximum atomic E-state index is 4.97. The quantitative estimate of drug-likeness (QED) is 0.175. The lowest BCUT2D eigenvalue weighted by molar-refractivity contribution is 1.07. The van der Waals surface area contributed by atoms with Crippen molar-refractivity contribution in [1.29, 1.82) is 0 Å². The van der Waals surface area contributed by atoms with Crippen LogP contribution in [0.4, 0.5) is 0 Å². The second-order valence-corrected chi connectivity index (χ2v) is 12.8. The van der Waals surface area contributed by atoms with Crippen molar-refractivity contribution in [3.8, 4) is 56.4 Å². The summed E-state index contributed by atoms with van der Waals surface area (Å²) in [4.78, 5) is 23.1. The number of pyridine rings is 2. The molecule has 0 saturated heterocycles. The second-order valence-electron chi connectivity index (χ2n) is 12.8. The molecule has 0 aliphatic heterocycles. The highest BCUT2D eigenvalue weighted by Gasteiger charge is 2.16. The van der Waals surface area contributed by atoms with Gasteiger partial charge in [0.05, 0.1) is 0 Å². The summed E-state index contributed by atoms with van der Waals surface area (Å²) in [6, 6.07) is 45.3. The predicted octanol–water partition coefficient (Wildman–Crippen LogP) is 11.1. The standard InChI is InChI=1S/C45H31N5/c1-28-7-14-36-40-25-29(2)8-15-37(40)42-27-34(13-16-38(42)41(36)26-28)30-9-11-31(12-10-30)35-5-3-4-6-39(35)45-49-43(32-17-21-46-22-18-32)48-44(50-45)33-19-23-47-24-20-33/h3-27H,1-2H3. The molecule has 5 heteroatoms. The van der Waals surface area contributed by atoms with Gasteiger partial charge in [0.2, 0.25) is 0 Å². The van der Waals surface area contributed by atoms with Gasteiger partial charge in [-0.15, -0.1) is 0 Å². The van der Waals surface area contributed by atoms with Crippen molar-refractivity contribution < 1.29 is 0 Å². The maximum absolute atomic E-state index is 4.97. The third-order valence-corrected chi connectivity index (χ3v) is 9.45. The van der Waals surface area contributed by atoms with E-state index in [1.54, 1.807) is 24.8 Å². The van der Waals surface area contributed by atoms with Gasteiger partial charge in [-0.05, 0) is 98.8 Å². The smallest absolute Gasteiger partial charge is 0.164 e. The van der Waals surface area contributed by atoms with Gasteiger partial charge in [-0.2, -0.15) is 0 Å². The van der Waals surface area contributed by atoms with Crippen LogP contribution in [0.2, 0.25) is 0 Å². The molecule has 0 aliphatic rings. The van der Waals surface area contributed by atoms with Gasteiger partial charge in [0.15, 0.2) is 17.5 Å². The van der Waals surface area contributed by atoms with Crippen LogP contribution in [0.5, 0.6) is 0 Å². The summed E-state index contributed by atoms with van der Waals surface area (Å²) in [6.45, 7) is 4.33. The second kappa shape index (κ2) is 12.1. The minimum atomic E-state index is 0.594. The van der Waals surface area contributed by atoms with Gasteiger partial charge < -0.3 is 0 Å². The van der Waals surface area contributed by atoms with E-state index in [4.69, 9.17) is 15.0 Å². The highest BCUT2D eigenvalue weighted by Crippen LogP contribution is 2.39. The minimum Gasteiger partial charge on any atom is -0.265 e. The van der Waals surface area contributed by atoms with E-state index in [9.17, 15) is 0 Å². The number of nitrogens with zero attached hydrogens (tertiary/aromatic N) is 5. The number of aryl methyl sites for hydroxylation is 2. The van der Waals surface area contributed by atoms with Gasteiger partial charge in [0, 0.05) is 41.5 Å². The van der Waals surface area contributed by atoms with Crippen LogP contribution in [0.1, 0.15) is 11.1 Å². The van der Waals surface area contributed by atoms with E-state index < -0.39 is 0 Å². The highest BCUT2D eigenvalue weighted by molar-refractivity contribution is 6.26. The van der Waals surface area contributed by atoms with E-state index in [1.165, 1.54) is 49.0 Å². The lowest BCUT2D eigenvalue weighted by Crippen LogP contribution is -2.01. The van der Waals surface area contributed by atoms with Crippen LogP contribution < -0.4 is 0 Å². The topological polar surface area (TPSA) is 64.5 Å². The molecule has 0 N–H and O–H groups in total. The molecule has 0 aliphatic carbocycles. The van der Waals surface area contributed by atoms with Crippen LogP contribution in [0.15, 0.2) is 152 Å². The molecular weight excluding hydrogens is 611 g/mol. The molecule has 0 saturated carbocycles. The number of rotatable bonds is 5. The van der Waals surface area contributed by atoms with E-state index in [0.29, 0.717) is 17.5 Å². The number of fused-ring (bicyclic) bond motifs is 6. The van der Waals surface area contributed by atoms with Crippen molar-refractivity contribution in [1.82, 2.24) is 24.9 Å². The Hall–Kier alpha value is -6.59. The van der Waals surface area contributed by atoms with E-state index in [2.05, 4.69) is 121 Å². The summed E-state index contributed by atoms with van der Waals surface area (Å²) in [5.74, 6) is 1.80. The molecule has 9 aromatic rings. The zero-order chi connectivity index (χ0) is 33.6. The normalized spacial score (nSPS) is 11.4. The summed E-state index contributed by atoms with van der Waals surface area (Å²) in [5, 5.41) is 7.74. The number of aromatic nitrogens is 5. The molecule has 0 fully saturated rings. The van der Waals surface area contributed by atoms with Crippen molar-refractivity contribution in [2.24, 2.45) is 0 Å². The highest BCUT2D eigenvalue weighted by atomic mass is 15.0. The first-order valence-electron chi connectivity index (χ1n) is 16.7. The summed E-state index contributed by atoms with van der Waals surface area (Å²) < 4.78 is 0. The minimum absolute atomic E-state index is 0.594. The van der Waals surface area contributed by atoms with Crippen LogP contribution in [-0.2, 0) is 0 Å². The van der Waals surface area contributed by atoms with Crippen LogP contribution >= 0.6 is 0 Å². The first-order valence-corrected chi connectivity index (χ1v) is 16.7. The zero-order valence-corrected chi connectivity index (χ0v) is 27.7. The van der Waals surface area contributed by atoms with E-state index in [1.807, 2.05) is 30.3 Å². The molecule has 6 aromatic carbocycles. The molecule has 0 amide bonds. The summed E-state index contributed by atoms with van der Waals surface area (Å²) in [7, 11) is 0. The fraction of sp³-hybridized carbons (Fsp3) is 0.0444. The largest absolute Gasteiger partial charge is 0.265 e. The third-order valence-electron chi connectivity index (χ3n) is 9.45. The predicted molar refractivity (Wildman–Crippen MR) is 205 cm³/mol. The lowest BCUT2D eigenvalue weighted by atomic mass is 9.90. The Bertz CT molecular complexity index is 2610. The molecule has 236 valence electrons. The number of benzene rings is 6. The van der Waals surface area contributed by atoms with E-state index in [-0.39, 0.29) is 0 Å². The van der Waals surface area contributed by atoms with Crippen LogP contribution in [0.25, 0.3) is 88.7 Å². The van der Waals surface area contributed by atoms with Gasteiger partial charge >= 0.3 is 0 Å². The van der Waals surface area contributed by atoms with E-state index >= 15 is 0 Å². The Morgan fingerprint density at radius 2 is 0.760 bits per heavy atom. The van der Waals surface area contributed by atoms with Gasteiger partial charge in [-0.3, -0.25) is 9.97 Å². The fourth-order valence-electron chi connectivity index (χ4n) is 6.94. The summed E-state index contributed by atoms with van der Waals surface area (Å²) in [6.07, 6.45) is 7.01. The average molecular weight is 642 g/mol. The van der Waals surface area contributed by atoms with Crippen LogP contribution in [0.3, 0.4) is 0 Å². The van der Waals surface area contributed by atoms with Gasteiger partial charge in [0.25, 0.3) is 0 Å². The van der Waals surface area contributed by atoms with E-state index in [0.717, 1.165) is 33.4 Å². The van der Waals surface area contributed by atoms with Crippen LogP contribution in [-0.4, -0.2) is 24.9 Å². The molecule has 0 unspecified atom stereocenters. The first kappa shape index (κ1) is 29.5. The monoisotopic (exact) mass is 641 g/mol. The SMILES string of the molecule is Cc1ccc2c(c1)c1ccc(C)cc1c1ccc(-c3ccc(-c4ccccc4-c4nc(-c5ccncc5)nc(-c5ccncc5)n4)cc3)cc21. The molecule has 3 heterocycles. The van der Waals surface area contributed by atoms with Gasteiger partial charge in [-0.1, -0.05) is 108 Å². The molecule has 0 spiro atoms. The number of hydrogen-bond acceptors (Lipinski definition) is 5. The molecule has 50 heavy (non-hydrogen) atoms. The fourth-order valence-corrected chi connectivity index (χ4v) is 6.94. The van der Waals surface area contributed by atoms with Crippen molar-refractivity contribution in [3.05, 3.63) is 163 Å². The first-order chi connectivity index (χ1) is 24.6. The van der Waals surface area contributed by atoms with Crippen molar-refractivity contribution >= 4 is 32.3 Å². The third kappa shape index (κ3) is 5.26. The molecule has 5 nitrogen and oxygen atoms in total. The Morgan fingerprint density at radius 3 is 1.32 bits per heavy atom. The van der Waals surface area contributed by atoms with Crippen molar-refractivity contribution in [3.63, 3.8) is 0 Å². The van der Waals surface area contributed by atoms with Gasteiger partial charge in [-0.25, -0.2) is 15.0 Å². The summed E-state index contributed by atoms with van der Waals surface area (Å²) in [5.41, 5.74) is 9.71. The zero-order valence-electron chi connectivity index (χ0n) is 27.7. The maximum Gasteiger partial charge on any atom is 0.164 e. The average Bonchev–Trinajstić information content (AvgIpc) is 3.18. The lowest BCUT2D eigenvalue weighted by Gasteiger charge is -2.14. The molecule has 9 rings (SSSR count). The van der Waals surface area contributed by atoms with Crippen LogP contribution in [0, 0.1) is 13.8 Å². The Balaban J connectivity index is 1.14. The molecule has 0 radical (unpaired) electrons. The Morgan fingerprint density at radius 1 is 0.320 bits per heavy atom. The number of hydrogen-bond donors (Lipinski definition) is 0. The summed E-state index contributed by atoms with van der Waals surface area (Å²) >= 11 is 0. The Kier molecular flexibility index (Phi) is 7.17. The van der Waals surface area contributed by atoms with Crippen molar-refractivity contribution in [2.45, 2.75) is 13.8 Å². The molecule has 0 bridgehead atoms. The van der Waals surface area contributed by atoms with Gasteiger partial charge in [0.1, 0.15) is 0 Å².